The van der Waals surface area contributed by atoms with Gasteiger partial charge in [-0.3, -0.25) is 5.11 Å². The van der Waals surface area contributed by atoms with Gasteiger partial charge in [-0.1, -0.05) is 74.4 Å². The third-order valence-electron chi connectivity index (χ3n) is 4.14. The Morgan fingerprint density at radius 1 is 0.857 bits per heavy atom. The highest BCUT2D eigenvalue weighted by molar-refractivity contribution is 5.48. The van der Waals surface area contributed by atoms with Gasteiger partial charge in [0.2, 0.25) is 0 Å². The summed E-state index contributed by atoms with van der Waals surface area (Å²) in [6.07, 6.45) is 1.10. The predicted molar refractivity (Wildman–Crippen MR) is 91.9 cm³/mol. The van der Waals surface area contributed by atoms with Crippen molar-refractivity contribution in [2.45, 2.75) is 86.0 Å². The van der Waals surface area contributed by atoms with Crippen LogP contribution in [0.5, 0.6) is 5.75 Å². The van der Waals surface area contributed by atoms with Crippen LogP contribution >= 0.6 is 0 Å². The molecule has 0 fully saturated rings. The summed E-state index contributed by atoms with van der Waals surface area (Å²) in [6, 6.07) is 4.31. The molecular weight excluding hydrogens is 256 g/mol. The second-order valence-corrected chi connectivity index (χ2v) is 8.91. The van der Waals surface area contributed by atoms with Crippen LogP contribution in [0.3, 0.4) is 0 Å². The van der Waals surface area contributed by atoms with Crippen LogP contribution in [-0.2, 0) is 10.5 Å². The molecule has 1 aromatic carbocycles. The summed E-state index contributed by atoms with van der Waals surface area (Å²) < 4.78 is 0. The zero-order valence-electron chi connectivity index (χ0n) is 15.4. The van der Waals surface area contributed by atoms with E-state index in [2.05, 4.69) is 74.4 Å². The standard InChI is InChI=1S/C20H33O/c1-13(2)16-10-15(11-17(14(3)4)18(16)21)20(8,9)12-19(5,6)7/h10-11,13-14H,12H2,1-9H3. The number of benzene rings is 1. The molecule has 1 nitrogen and oxygen atoms in total. The molecule has 0 atom stereocenters. The summed E-state index contributed by atoms with van der Waals surface area (Å²) in [5.41, 5.74) is 3.61. The van der Waals surface area contributed by atoms with E-state index in [4.69, 9.17) is 0 Å². The van der Waals surface area contributed by atoms with Gasteiger partial charge in [-0.05, 0) is 34.7 Å². The molecule has 0 amide bonds. The maximum absolute atomic E-state index is 12.6. The molecule has 119 valence electrons. The fraction of sp³-hybridized carbons (Fsp3) is 0.700. The largest absolute Gasteiger partial charge is 0.289 e. The van der Waals surface area contributed by atoms with E-state index in [9.17, 15) is 5.11 Å². The minimum absolute atomic E-state index is 0.0826. The Balaban J connectivity index is 3.43. The molecule has 0 aliphatic heterocycles. The van der Waals surface area contributed by atoms with Crippen molar-refractivity contribution in [2.75, 3.05) is 0 Å². The van der Waals surface area contributed by atoms with Crippen LogP contribution in [0.25, 0.3) is 0 Å². The molecule has 0 N–H and O–H groups in total. The summed E-state index contributed by atoms with van der Waals surface area (Å²) in [4.78, 5) is 0. The molecule has 0 saturated heterocycles. The van der Waals surface area contributed by atoms with E-state index < -0.39 is 0 Å². The minimum Gasteiger partial charge on any atom is -0.289 e. The van der Waals surface area contributed by atoms with Crippen LogP contribution in [0.15, 0.2) is 12.1 Å². The maximum atomic E-state index is 12.6. The Kier molecular flexibility index (Phi) is 5.18. The van der Waals surface area contributed by atoms with E-state index in [0.717, 1.165) is 17.5 Å². The van der Waals surface area contributed by atoms with Crippen LogP contribution in [0, 0.1) is 5.41 Å². The summed E-state index contributed by atoms with van der Waals surface area (Å²) in [7, 11) is 0. The summed E-state index contributed by atoms with van der Waals surface area (Å²) in [5, 5.41) is 12.6. The Morgan fingerprint density at radius 2 is 1.24 bits per heavy atom. The smallest absolute Gasteiger partial charge is 0.185 e. The van der Waals surface area contributed by atoms with E-state index in [1.165, 1.54) is 5.56 Å². The highest BCUT2D eigenvalue weighted by Gasteiger charge is 2.29. The van der Waals surface area contributed by atoms with Gasteiger partial charge in [-0.15, -0.1) is 0 Å². The molecule has 1 rings (SSSR count). The van der Waals surface area contributed by atoms with Gasteiger partial charge in [0.1, 0.15) is 0 Å². The van der Waals surface area contributed by atoms with Gasteiger partial charge < -0.3 is 0 Å². The average Bonchev–Trinajstić information content (AvgIpc) is 2.24. The third-order valence-corrected chi connectivity index (χ3v) is 4.14. The second kappa shape index (κ2) is 6.02. The quantitative estimate of drug-likeness (QED) is 0.581. The zero-order valence-corrected chi connectivity index (χ0v) is 15.4. The number of rotatable bonds is 4. The minimum atomic E-state index is 0.0826. The molecule has 1 heteroatoms. The van der Waals surface area contributed by atoms with E-state index in [1.54, 1.807) is 0 Å². The van der Waals surface area contributed by atoms with E-state index in [0.29, 0.717) is 0 Å². The summed E-state index contributed by atoms with van der Waals surface area (Å²) in [5.74, 6) is 0.802. The molecule has 0 bridgehead atoms. The fourth-order valence-corrected chi connectivity index (χ4v) is 3.35. The third kappa shape index (κ3) is 4.49. The van der Waals surface area contributed by atoms with Gasteiger partial charge in [0, 0.05) is 11.1 Å². The Labute approximate surface area is 131 Å². The monoisotopic (exact) mass is 289 g/mol. The molecule has 0 aliphatic carbocycles. The first kappa shape index (κ1) is 18.1. The lowest BCUT2D eigenvalue weighted by atomic mass is 9.71. The highest BCUT2D eigenvalue weighted by Crippen LogP contribution is 2.42. The first-order valence-corrected chi connectivity index (χ1v) is 8.20. The molecule has 0 aromatic heterocycles. The van der Waals surface area contributed by atoms with Gasteiger partial charge in [-0.2, -0.15) is 0 Å². The molecule has 1 aromatic rings. The normalized spacial score (nSPS) is 13.3. The maximum Gasteiger partial charge on any atom is 0.185 e. The molecule has 0 unspecified atom stereocenters. The zero-order chi connectivity index (χ0) is 16.6. The summed E-state index contributed by atoms with van der Waals surface area (Å²) >= 11 is 0. The van der Waals surface area contributed by atoms with Crippen molar-refractivity contribution >= 4 is 0 Å². The van der Waals surface area contributed by atoms with E-state index in [-0.39, 0.29) is 28.4 Å². The van der Waals surface area contributed by atoms with Crippen molar-refractivity contribution in [3.8, 4) is 5.75 Å². The number of hydrogen-bond acceptors (Lipinski definition) is 0. The molecule has 0 saturated carbocycles. The molecule has 21 heavy (non-hydrogen) atoms. The molecule has 0 aliphatic rings. The first-order valence-electron chi connectivity index (χ1n) is 8.20. The highest BCUT2D eigenvalue weighted by atomic mass is 16.3. The molecule has 0 heterocycles. The van der Waals surface area contributed by atoms with Gasteiger partial charge in [0.15, 0.2) is 5.75 Å². The Bertz CT molecular complexity index is 458. The van der Waals surface area contributed by atoms with Gasteiger partial charge >= 0.3 is 0 Å². The lowest BCUT2D eigenvalue weighted by molar-refractivity contribution is 0.283. The van der Waals surface area contributed by atoms with Crippen LogP contribution in [0.1, 0.15) is 97.3 Å². The number of hydrogen-bond donors (Lipinski definition) is 0. The van der Waals surface area contributed by atoms with E-state index >= 15 is 0 Å². The average molecular weight is 289 g/mol. The Hall–Kier alpha value is -0.980. The Morgan fingerprint density at radius 3 is 1.52 bits per heavy atom. The predicted octanol–water partition coefficient (Wildman–Crippen LogP) is 6.79. The SMILES string of the molecule is CC(C)c1cc(C(C)(C)CC(C)(C)C)cc(C(C)C)c1[O]. The summed E-state index contributed by atoms with van der Waals surface area (Å²) in [6.45, 7) is 19.9. The topological polar surface area (TPSA) is 19.9 Å². The molecule has 0 spiro atoms. The van der Waals surface area contributed by atoms with Crippen LogP contribution in [-0.4, -0.2) is 0 Å². The van der Waals surface area contributed by atoms with Gasteiger partial charge in [0.25, 0.3) is 0 Å². The fourth-order valence-electron chi connectivity index (χ4n) is 3.35. The van der Waals surface area contributed by atoms with Crippen LogP contribution in [0.4, 0.5) is 0 Å². The second-order valence-electron chi connectivity index (χ2n) is 8.91. The van der Waals surface area contributed by atoms with Crippen LogP contribution < -0.4 is 0 Å². The first-order chi connectivity index (χ1) is 9.35. The molecule has 1 radical (unpaired) electrons. The van der Waals surface area contributed by atoms with Gasteiger partial charge in [0.05, 0.1) is 0 Å². The lowest BCUT2D eigenvalue weighted by Gasteiger charge is -2.34. The molecular formula is C20H33O. The van der Waals surface area contributed by atoms with E-state index in [1.807, 2.05) is 0 Å². The van der Waals surface area contributed by atoms with Crippen molar-refractivity contribution in [2.24, 2.45) is 5.41 Å². The van der Waals surface area contributed by atoms with Crippen LogP contribution in [0.2, 0.25) is 0 Å². The lowest BCUT2D eigenvalue weighted by Crippen LogP contribution is -2.25. The van der Waals surface area contributed by atoms with Gasteiger partial charge in [-0.25, -0.2) is 0 Å². The van der Waals surface area contributed by atoms with Crippen molar-refractivity contribution in [3.05, 3.63) is 28.8 Å². The van der Waals surface area contributed by atoms with Crippen molar-refractivity contribution in [1.29, 1.82) is 0 Å². The van der Waals surface area contributed by atoms with Crippen molar-refractivity contribution in [3.63, 3.8) is 0 Å². The van der Waals surface area contributed by atoms with Crippen molar-refractivity contribution in [1.82, 2.24) is 0 Å². The van der Waals surface area contributed by atoms with Crippen molar-refractivity contribution < 1.29 is 5.11 Å².